The predicted octanol–water partition coefficient (Wildman–Crippen LogP) is 1.62. The van der Waals surface area contributed by atoms with E-state index in [0.717, 1.165) is 0 Å². The first-order chi connectivity index (χ1) is 5.11. The average Bonchev–Trinajstić information content (AvgIpc) is 2.02. The molecule has 1 unspecified atom stereocenters. The minimum atomic E-state index is 0.111. The van der Waals surface area contributed by atoms with Gasteiger partial charge in [-0.3, -0.25) is 4.90 Å². The van der Waals surface area contributed by atoms with Crippen molar-refractivity contribution in [2.75, 3.05) is 20.2 Å². The van der Waals surface area contributed by atoms with Gasteiger partial charge in [-0.05, 0) is 14.0 Å². The zero-order valence-corrected chi connectivity index (χ0v) is 8.23. The number of nitrogens with zero attached hydrogens (tertiary/aromatic N) is 1. The molecule has 0 amide bonds. The first-order valence-corrected chi connectivity index (χ1v) is 4.19. The van der Waals surface area contributed by atoms with Gasteiger partial charge in [0.1, 0.15) is 0 Å². The SMILES string of the molecule is CC(CO)N(C)CC(Cl)=CCl. The topological polar surface area (TPSA) is 23.5 Å². The average molecular weight is 198 g/mol. The van der Waals surface area contributed by atoms with Crippen molar-refractivity contribution < 1.29 is 5.11 Å². The molecular weight excluding hydrogens is 185 g/mol. The normalized spacial score (nSPS) is 15.6. The van der Waals surface area contributed by atoms with Crippen LogP contribution < -0.4 is 0 Å². The van der Waals surface area contributed by atoms with E-state index in [0.29, 0.717) is 11.6 Å². The quantitative estimate of drug-likeness (QED) is 0.741. The third-order valence-electron chi connectivity index (χ3n) is 1.54. The summed E-state index contributed by atoms with van der Waals surface area (Å²) >= 11 is 11.0. The maximum atomic E-state index is 8.75. The summed E-state index contributed by atoms with van der Waals surface area (Å²) in [7, 11) is 1.88. The van der Waals surface area contributed by atoms with E-state index >= 15 is 0 Å². The lowest BCUT2D eigenvalue weighted by atomic mass is 10.3. The Morgan fingerprint density at radius 1 is 1.73 bits per heavy atom. The van der Waals surface area contributed by atoms with E-state index in [2.05, 4.69) is 0 Å². The molecule has 2 nitrogen and oxygen atoms in total. The van der Waals surface area contributed by atoms with E-state index in [4.69, 9.17) is 28.3 Å². The number of likely N-dealkylation sites (N-methyl/N-ethyl adjacent to an activating group) is 1. The van der Waals surface area contributed by atoms with Gasteiger partial charge in [0.25, 0.3) is 0 Å². The van der Waals surface area contributed by atoms with E-state index in [1.165, 1.54) is 5.54 Å². The van der Waals surface area contributed by atoms with Crippen LogP contribution >= 0.6 is 23.2 Å². The fourth-order valence-corrected chi connectivity index (χ4v) is 0.826. The lowest BCUT2D eigenvalue weighted by Gasteiger charge is -2.21. The summed E-state index contributed by atoms with van der Waals surface area (Å²) < 4.78 is 0. The minimum Gasteiger partial charge on any atom is -0.395 e. The zero-order valence-electron chi connectivity index (χ0n) is 6.72. The van der Waals surface area contributed by atoms with Crippen LogP contribution in [0.2, 0.25) is 0 Å². The van der Waals surface area contributed by atoms with Gasteiger partial charge in [-0.15, -0.1) is 0 Å². The predicted molar refractivity (Wildman–Crippen MR) is 49.0 cm³/mol. The molecule has 4 heteroatoms. The fraction of sp³-hybridized carbons (Fsp3) is 0.714. The highest BCUT2D eigenvalue weighted by molar-refractivity contribution is 6.36. The molecule has 1 N–H and O–H groups in total. The first-order valence-electron chi connectivity index (χ1n) is 3.37. The molecule has 0 aromatic carbocycles. The van der Waals surface area contributed by atoms with E-state index < -0.39 is 0 Å². The molecule has 0 aliphatic carbocycles. The number of aliphatic hydroxyl groups is 1. The Kier molecular flexibility index (Phi) is 5.96. The van der Waals surface area contributed by atoms with E-state index in [9.17, 15) is 0 Å². The van der Waals surface area contributed by atoms with Crippen molar-refractivity contribution in [3.05, 3.63) is 10.6 Å². The van der Waals surface area contributed by atoms with Gasteiger partial charge in [0.15, 0.2) is 0 Å². The van der Waals surface area contributed by atoms with Crippen molar-refractivity contribution in [3.8, 4) is 0 Å². The standard InChI is InChI=1S/C7H13Cl2NO/c1-6(5-11)10(2)4-7(9)3-8/h3,6,11H,4-5H2,1-2H3. The monoisotopic (exact) mass is 197 g/mol. The zero-order chi connectivity index (χ0) is 8.85. The lowest BCUT2D eigenvalue weighted by molar-refractivity contribution is 0.169. The molecule has 0 aliphatic rings. The van der Waals surface area contributed by atoms with Crippen LogP contribution in [-0.2, 0) is 0 Å². The summed E-state index contributed by atoms with van der Waals surface area (Å²) in [4.78, 5) is 1.92. The summed E-state index contributed by atoms with van der Waals surface area (Å²) in [6.07, 6.45) is 0. The Bertz CT molecular complexity index is 138. The maximum absolute atomic E-state index is 8.75. The van der Waals surface area contributed by atoms with E-state index in [1.54, 1.807) is 0 Å². The molecule has 11 heavy (non-hydrogen) atoms. The summed E-state index contributed by atoms with van der Waals surface area (Å²) in [6, 6.07) is 0.111. The number of halogens is 2. The molecule has 0 saturated heterocycles. The highest BCUT2D eigenvalue weighted by Gasteiger charge is 2.07. The molecule has 66 valence electrons. The van der Waals surface area contributed by atoms with Gasteiger partial charge in [-0.25, -0.2) is 0 Å². The van der Waals surface area contributed by atoms with Crippen molar-refractivity contribution in [1.29, 1.82) is 0 Å². The van der Waals surface area contributed by atoms with Crippen molar-refractivity contribution in [1.82, 2.24) is 4.90 Å². The van der Waals surface area contributed by atoms with Gasteiger partial charge < -0.3 is 5.11 Å². The third-order valence-corrected chi connectivity index (χ3v) is 2.14. The van der Waals surface area contributed by atoms with Crippen LogP contribution in [-0.4, -0.2) is 36.2 Å². The van der Waals surface area contributed by atoms with Crippen LogP contribution in [0.1, 0.15) is 6.92 Å². The van der Waals surface area contributed by atoms with Crippen LogP contribution in [0.3, 0.4) is 0 Å². The molecule has 0 heterocycles. The highest BCUT2D eigenvalue weighted by atomic mass is 35.5. The highest BCUT2D eigenvalue weighted by Crippen LogP contribution is 2.06. The summed E-state index contributed by atoms with van der Waals surface area (Å²) in [5, 5.41) is 9.33. The second-order valence-electron chi connectivity index (χ2n) is 2.50. The molecule has 0 spiro atoms. The third kappa shape index (κ3) is 4.64. The Hall–Kier alpha value is 0.240. The Morgan fingerprint density at radius 3 is 2.64 bits per heavy atom. The van der Waals surface area contributed by atoms with Gasteiger partial charge in [0.05, 0.1) is 6.61 Å². The van der Waals surface area contributed by atoms with E-state index in [1.807, 2.05) is 18.9 Å². The van der Waals surface area contributed by atoms with E-state index in [-0.39, 0.29) is 12.6 Å². The number of hydrogen-bond acceptors (Lipinski definition) is 2. The van der Waals surface area contributed by atoms with Crippen molar-refractivity contribution in [2.24, 2.45) is 0 Å². The molecule has 0 aromatic heterocycles. The first kappa shape index (κ1) is 11.2. The Balaban J connectivity index is 3.76. The van der Waals surface area contributed by atoms with Crippen LogP contribution in [0.4, 0.5) is 0 Å². The molecule has 1 atom stereocenters. The summed E-state index contributed by atoms with van der Waals surface area (Å²) in [5.41, 5.74) is 1.34. The van der Waals surface area contributed by atoms with Crippen molar-refractivity contribution >= 4 is 23.2 Å². The lowest BCUT2D eigenvalue weighted by Crippen LogP contribution is -2.32. The van der Waals surface area contributed by atoms with Gasteiger partial charge in [0, 0.05) is 23.2 Å². The van der Waals surface area contributed by atoms with Gasteiger partial charge in [-0.1, -0.05) is 23.2 Å². The molecule has 0 aliphatic heterocycles. The van der Waals surface area contributed by atoms with Crippen molar-refractivity contribution in [3.63, 3.8) is 0 Å². The smallest absolute Gasteiger partial charge is 0.0584 e. The second-order valence-corrected chi connectivity index (χ2v) is 3.21. The van der Waals surface area contributed by atoms with Gasteiger partial charge in [-0.2, -0.15) is 0 Å². The molecule has 0 rings (SSSR count). The van der Waals surface area contributed by atoms with Crippen LogP contribution in [0.15, 0.2) is 10.6 Å². The Labute approximate surface area is 77.4 Å². The van der Waals surface area contributed by atoms with Gasteiger partial charge >= 0.3 is 0 Å². The molecular formula is C7H13Cl2NO. The maximum Gasteiger partial charge on any atom is 0.0584 e. The number of rotatable bonds is 4. The van der Waals surface area contributed by atoms with Crippen LogP contribution in [0.25, 0.3) is 0 Å². The fourth-order valence-electron chi connectivity index (χ4n) is 0.568. The number of aliphatic hydroxyl groups excluding tert-OH is 1. The molecule has 0 radical (unpaired) electrons. The molecule has 0 fully saturated rings. The second kappa shape index (κ2) is 5.84. The molecule has 0 bridgehead atoms. The minimum absolute atomic E-state index is 0.111. The summed E-state index contributed by atoms with van der Waals surface area (Å²) in [5.74, 6) is 0. The van der Waals surface area contributed by atoms with Gasteiger partial charge in [0.2, 0.25) is 0 Å². The molecule has 0 saturated carbocycles. The van der Waals surface area contributed by atoms with Crippen molar-refractivity contribution in [2.45, 2.75) is 13.0 Å². The number of hydrogen-bond donors (Lipinski definition) is 1. The Morgan fingerprint density at radius 2 is 2.27 bits per heavy atom. The summed E-state index contributed by atoms with van der Waals surface area (Å²) in [6.45, 7) is 2.62. The van der Waals surface area contributed by atoms with Crippen LogP contribution in [0, 0.1) is 0 Å². The largest absolute Gasteiger partial charge is 0.395 e. The molecule has 0 aromatic rings. The van der Waals surface area contributed by atoms with Crippen LogP contribution in [0.5, 0.6) is 0 Å².